The van der Waals surface area contributed by atoms with E-state index in [2.05, 4.69) is 5.32 Å². The van der Waals surface area contributed by atoms with Crippen LogP contribution >= 0.6 is 0 Å². The van der Waals surface area contributed by atoms with Gasteiger partial charge in [-0.1, -0.05) is 12.1 Å². The van der Waals surface area contributed by atoms with Crippen LogP contribution in [-0.2, 0) is 9.59 Å². The maximum atomic E-state index is 12.3. The number of nitrogens with zero attached hydrogens (tertiary/aromatic N) is 1. The molecular weight excluding hydrogens is 232 g/mol. The fraction of sp³-hybridized carbons (Fsp3) is 0.385. The molecule has 0 saturated carbocycles. The van der Waals surface area contributed by atoms with E-state index in [1.54, 1.807) is 17.0 Å². The molecule has 2 aliphatic rings. The number of carbonyl (C=O) groups excluding carboxylic acids is 2. The highest BCUT2D eigenvalue weighted by Crippen LogP contribution is 2.28. The first-order valence-electron chi connectivity index (χ1n) is 6.06. The summed E-state index contributed by atoms with van der Waals surface area (Å²) in [6, 6.07) is 5.46. The van der Waals surface area contributed by atoms with Crippen molar-refractivity contribution in [1.82, 2.24) is 10.2 Å². The Labute approximate surface area is 104 Å². The predicted octanol–water partition coefficient (Wildman–Crippen LogP) is 0.554. The lowest BCUT2D eigenvalue weighted by Crippen LogP contribution is -2.56. The number of hydrogen-bond acceptors (Lipinski definition) is 3. The van der Waals surface area contributed by atoms with Gasteiger partial charge in [-0.3, -0.25) is 9.59 Å². The topological polar surface area (TPSA) is 69.6 Å². The van der Waals surface area contributed by atoms with Crippen LogP contribution in [0.25, 0.3) is 0 Å². The largest absolute Gasteiger partial charge is 0.508 e. The fourth-order valence-corrected chi connectivity index (χ4v) is 2.66. The quantitative estimate of drug-likeness (QED) is 0.760. The number of hydrogen-bond donors (Lipinski definition) is 2. The number of phenolic OH excluding ortho intramolecular Hbond substituents is 1. The number of benzene rings is 1. The number of amides is 2. The van der Waals surface area contributed by atoms with Gasteiger partial charge in [0.2, 0.25) is 11.8 Å². The number of aromatic hydroxyl groups is 1. The molecule has 0 bridgehead atoms. The number of piperazine rings is 1. The van der Waals surface area contributed by atoms with E-state index in [9.17, 15) is 14.7 Å². The Balaban J connectivity index is 1.91. The summed E-state index contributed by atoms with van der Waals surface area (Å²) >= 11 is 0. The molecule has 0 aliphatic carbocycles. The molecule has 94 valence electrons. The first-order valence-corrected chi connectivity index (χ1v) is 6.06. The number of nitrogens with one attached hydrogen (secondary N) is 1. The van der Waals surface area contributed by atoms with Crippen molar-refractivity contribution in [3.8, 4) is 5.75 Å². The Morgan fingerprint density at radius 2 is 1.94 bits per heavy atom. The lowest BCUT2D eigenvalue weighted by Gasteiger charge is -2.34. The zero-order valence-corrected chi connectivity index (χ0v) is 9.80. The van der Waals surface area contributed by atoms with Crippen molar-refractivity contribution in [2.45, 2.75) is 24.9 Å². The van der Waals surface area contributed by atoms with Crippen LogP contribution in [-0.4, -0.2) is 34.4 Å². The Hall–Kier alpha value is -2.04. The SMILES string of the molecule is O=C1NC(c2ccc(O)cc2)C(=O)N2CCCC12. The fourth-order valence-electron chi connectivity index (χ4n) is 2.66. The van der Waals surface area contributed by atoms with E-state index < -0.39 is 6.04 Å². The molecule has 2 heterocycles. The van der Waals surface area contributed by atoms with Gasteiger partial charge in [0.05, 0.1) is 0 Å². The molecule has 0 spiro atoms. The van der Waals surface area contributed by atoms with E-state index in [0.717, 1.165) is 12.8 Å². The molecule has 0 radical (unpaired) electrons. The van der Waals surface area contributed by atoms with Gasteiger partial charge in [0.1, 0.15) is 17.8 Å². The molecule has 2 amide bonds. The van der Waals surface area contributed by atoms with Gasteiger partial charge in [0, 0.05) is 6.54 Å². The van der Waals surface area contributed by atoms with Gasteiger partial charge in [-0.25, -0.2) is 0 Å². The molecule has 1 aromatic carbocycles. The molecule has 2 fully saturated rings. The summed E-state index contributed by atoms with van der Waals surface area (Å²) in [4.78, 5) is 25.9. The van der Waals surface area contributed by atoms with Crippen LogP contribution < -0.4 is 5.32 Å². The van der Waals surface area contributed by atoms with Crippen LogP contribution in [0.3, 0.4) is 0 Å². The van der Waals surface area contributed by atoms with E-state index in [1.165, 1.54) is 12.1 Å². The molecule has 0 aromatic heterocycles. The third-order valence-electron chi connectivity index (χ3n) is 3.60. The Morgan fingerprint density at radius 3 is 2.67 bits per heavy atom. The number of phenols is 1. The van der Waals surface area contributed by atoms with Crippen LogP contribution in [0.2, 0.25) is 0 Å². The second-order valence-corrected chi connectivity index (χ2v) is 4.72. The lowest BCUT2D eigenvalue weighted by molar-refractivity contribution is -0.147. The summed E-state index contributed by atoms with van der Waals surface area (Å²) in [6.45, 7) is 0.658. The lowest BCUT2D eigenvalue weighted by atomic mass is 10.0. The Kier molecular flexibility index (Phi) is 2.47. The average Bonchev–Trinajstić information content (AvgIpc) is 2.85. The van der Waals surface area contributed by atoms with Gasteiger partial charge in [-0.2, -0.15) is 0 Å². The highest BCUT2D eigenvalue weighted by atomic mass is 16.3. The number of rotatable bonds is 1. The van der Waals surface area contributed by atoms with Crippen LogP contribution in [0.15, 0.2) is 24.3 Å². The van der Waals surface area contributed by atoms with Crippen LogP contribution in [0.1, 0.15) is 24.4 Å². The smallest absolute Gasteiger partial charge is 0.250 e. The van der Waals surface area contributed by atoms with Crippen molar-refractivity contribution in [2.24, 2.45) is 0 Å². The minimum Gasteiger partial charge on any atom is -0.508 e. The van der Waals surface area contributed by atoms with Gasteiger partial charge in [-0.15, -0.1) is 0 Å². The predicted molar refractivity (Wildman–Crippen MR) is 63.7 cm³/mol. The molecule has 1 aromatic rings. The molecule has 2 saturated heterocycles. The minimum atomic E-state index is -0.618. The molecule has 5 nitrogen and oxygen atoms in total. The zero-order valence-electron chi connectivity index (χ0n) is 9.80. The second kappa shape index (κ2) is 4.01. The van der Waals surface area contributed by atoms with Crippen LogP contribution in [0.4, 0.5) is 0 Å². The number of carbonyl (C=O) groups is 2. The van der Waals surface area contributed by atoms with E-state index in [-0.39, 0.29) is 23.6 Å². The van der Waals surface area contributed by atoms with Gasteiger partial charge in [0.15, 0.2) is 0 Å². The standard InChI is InChI=1S/C13H14N2O3/c16-9-5-3-8(4-6-9)11-13(18)15-7-1-2-10(15)12(17)14-11/h3-6,10-11,16H,1-2,7H2,(H,14,17). The molecule has 2 atom stereocenters. The highest BCUT2D eigenvalue weighted by Gasteiger charge is 2.43. The summed E-state index contributed by atoms with van der Waals surface area (Å²) < 4.78 is 0. The van der Waals surface area contributed by atoms with Gasteiger partial charge in [-0.05, 0) is 30.5 Å². The van der Waals surface area contributed by atoms with E-state index in [1.807, 2.05) is 0 Å². The average molecular weight is 246 g/mol. The maximum Gasteiger partial charge on any atom is 0.250 e. The van der Waals surface area contributed by atoms with Gasteiger partial charge < -0.3 is 15.3 Å². The normalized spacial score (nSPS) is 27.0. The summed E-state index contributed by atoms with van der Waals surface area (Å²) in [5, 5.41) is 12.0. The van der Waals surface area contributed by atoms with Crippen molar-refractivity contribution >= 4 is 11.8 Å². The molecule has 5 heteroatoms. The molecule has 2 aliphatic heterocycles. The van der Waals surface area contributed by atoms with E-state index in [4.69, 9.17) is 0 Å². The summed E-state index contributed by atoms with van der Waals surface area (Å²) in [5.41, 5.74) is 0.705. The Bertz CT molecular complexity index is 497. The van der Waals surface area contributed by atoms with Crippen molar-refractivity contribution < 1.29 is 14.7 Å². The minimum absolute atomic E-state index is 0.0530. The summed E-state index contributed by atoms with van der Waals surface area (Å²) in [7, 11) is 0. The third-order valence-corrected chi connectivity index (χ3v) is 3.60. The summed E-state index contributed by atoms with van der Waals surface area (Å²) in [5.74, 6) is 0.0142. The molecule has 3 rings (SSSR count). The van der Waals surface area contributed by atoms with Gasteiger partial charge in [0.25, 0.3) is 0 Å². The third kappa shape index (κ3) is 1.63. The van der Waals surface area contributed by atoms with E-state index in [0.29, 0.717) is 12.1 Å². The maximum absolute atomic E-state index is 12.3. The van der Waals surface area contributed by atoms with Crippen molar-refractivity contribution in [3.05, 3.63) is 29.8 Å². The first kappa shape index (κ1) is 11.1. The van der Waals surface area contributed by atoms with E-state index >= 15 is 0 Å². The molecule has 18 heavy (non-hydrogen) atoms. The second-order valence-electron chi connectivity index (χ2n) is 4.72. The monoisotopic (exact) mass is 246 g/mol. The molecule has 2 N–H and O–H groups in total. The molecule has 2 unspecified atom stereocenters. The Morgan fingerprint density at radius 1 is 1.22 bits per heavy atom. The van der Waals surface area contributed by atoms with Crippen LogP contribution in [0, 0.1) is 0 Å². The van der Waals surface area contributed by atoms with Gasteiger partial charge >= 0.3 is 0 Å². The van der Waals surface area contributed by atoms with Crippen LogP contribution in [0.5, 0.6) is 5.75 Å². The van der Waals surface area contributed by atoms with Crippen molar-refractivity contribution in [3.63, 3.8) is 0 Å². The van der Waals surface area contributed by atoms with Crippen molar-refractivity contribution in [1.29, 1.82) is 0 Å². The summed E-state index contributed by atoms with van der Waals surface area (Å²) in [6.07, 6.45) is 1.63. The zero-order chi connectivity index (χ0) is 12.7. The molecular formula is C13H14N2O3. The first-order chi connectivity index (χ1) is 8.66. The van der Waals surface area contributed by atoms with Crippen molar-refractivity contribution in [2.75, 3.05) is 6.54 Å². The number of fused-ring (bicyclic) bond motifs is 1. The highest BCUT2D eigenvalue weighted by molar-refractivity contribution is 5.97.